The molecule has 0 aromatic carbocycles. The second kappa shape index (κ2) is 8.13. The number of likely N-dealkylation sites (tertiary alicyclic amines) is 1. The van der Waals surface area contributed by atoms with Crippen molar-refractivity contribution in [2.24, 2.45) is 0 Å². The minimum absolute atomic E-state index is 0.316. The number of hydrogen-bond acceptors (Lipinski definition) is 3. The molecule has 18 heavy (non-hydrogen) atoms. The van der Waals surface area contributed by atoms with Gasteiger partial charge < -0.3 is 10.0 Å². The maximum atomic E-state index is 9.25. The molecule has 1 aliphatic heterocycles. The van der Waals surface area contributed by atoms with Crippen LogP contribution in [0.4, 0.5) is 0 Å². The number of nitrogens with zero attached hydrogens (tertiary/aromatic N) is 2. The molecule has 0 unspecified atom stereocenters. The molecule has 1 saturated heterocycles. The Bertz CT molecular complexity index is 211. The summed E-state index contributed by atoms with van der Waals surface area (Å²) in [5.74, 6) is 0. The van der Waals surface area contributed by atoms with Crippen LogP contribution < -0.4 is 0 Å². The Balaban J connectivity index is 1.73. The third-order valence-corrected chi connectivity index (χ3v) is 4.63. The smallest absolute Gasteiger partial charge is 0.0558 e. The van der Waals surface area contributed by atoms with Crippen LogP contribution in [-0.2, 0) is 0 Å². The first-order chi connectivity index (χ1) is 8.90. The van der Waals surface area contributed by atoms with E-state index in [1.165, 1.54) is 71.0 Å². The molecule has 3 nitrogen and oxygen atoms in total. The van der Waals surface area contributed by atoms with Gasteiger partial charge in [0.15, 0.2) is 0 Å². The van der Waals surface area contributed by atoms with Gasteiger partial charge in [0, 0.05) is 25.7 Å². The second-order valence-corrected chi connectivity index (χ2v) is 5.95. The molecule has 2 aliphatic rings. The fraction of sp³-hybridized carbons (Fsp3) is 1.00. The average Bonchev–Trinajstić information content (AvgIpc) is 2.45. The first kappa shape index (κ1) is 14.3. The first-order valence-electron chi connectivity index (χ1n) is 7.97. The molecule has 0 spiro atoms. The summed E-state index contributed by atoms with van der Waals surface area (Å²) in [5, 5.41) is 9.25. The van der Waals surface area contributed by atoms with E-state index < -0.39 is 0 Å². The zero-order valence-corrected chi connectivity index (χ0v) is 11.8. The van der Waals surface area contributed by atoms with Crippen molar-refractivity contribution in [1.82, 2.24) is 9.80 Å². The Labute approximate surface area is 112 Å². The topological polar surface area (TPSA) is 26.7 Å². The lowest BCUT2D eigenvalue weighted by molar-refractivity contribution is 0.103. The number of hydrogen-bond donors (Lipinski definition) is 1. The summed E-state index contributed by atoms with van der Waals surface area (Å²) < 4.78 is 0. The van der Waals surface area contributed by atoms with E-state index in [9.17, 15) is 5.11 Å². The maximum absolute atomic E-state index is 9.25. The molecule has 1 N–H and O–H groups in total. The highest BCUT2D eigenvalue weighted by Gasteiger charge is 2.21. The minimum Gasteiger partial charge on any atom is -0.395 e. The van der Waals surface area contributed by atoms with Crippen LogP contribution in [0.15, 0.2) is 0 Å². The number of aliphatic hydroxyl groups excluding tert-OH is 1. The summed E-state index contributed by atoms with van der Waals surface area (Å²) in [7, 11) is 0. The predicted octanol–water partition coefficient (Wildman–Crippen LogP) is 2.10. The van der Waals surface area contributed by atoms with Crippen molar-refractivity contribution in [3.05, 3.63) is 0 Å². The Kier molecular flexibility index (Phi) is 6.46. The average molecular weight is 254 g/mol. The van der Waals surface area contributed by atoms with Crippen molar-refractivity contribution < 1.29 is 5.11 Å². The van der Waals surface area contributed by atoms with Crippen LogP contribution in [0.25, 0.3) is 0 Å². The largest absolute Gasteiger partial charge is 0.395 e. The lowest BCUT2D eigenvalue weighted by atomic mass is 9.94. The Hall–Kier alpha value is -0.120. The Morgan fingerprint density at radius 3 is 2.22 bits per heavy atom. The zero-order chi connectivity index (χ0) is 12.6. The molecular weight excluding hydrogens is 224 g/mol. The van der Waals surface area contributed by atoms with E-state index in [0.29, 0.717) is 6.61 Å². The van der Waals surface area contributed by atoms with Crippen molar-refractivity contribution in [1.29, 1.82) is 0 Å². The van der Waals surface area contributed by atoms with Crippen molar-refractivity contribution in [3.63, 3.8) is 0 Å². The lowest BCUT2D eigenvalue weighted by Crippen LogP contribution is -2.44. The van der Waals surface area contributed by atoms with Crippen molar-refractivity contribution in [2.45, 2.75) is 57.4 Å². The van der Waals surface area contributed by atoms with Crippen LogP contribution in [-0.4, -0.2) is 60.3 Å². The van der Waals surface area contributed by atoms with Gasteiger partial charge in [-0.3, -0.25) is 4.90 Å². The zero-order valence-electron chi connectivity index (χ0n) is 11.8. The van der Waals surface area contributed by atoms with Gasteiger partial charge in [-0.2, -0.15) is 0 Å². The van der Waals surface area contributed by atoms with E-state index >= 15 is 0 Å². The molecular formula is C15H30N2O. The summed E-state index contributed by atoms with van der Waals surface area (Å²) in [6, 6.07) is 0.746. The van der Waals surface area contributed by atoms with Gasteiger partial charge in [-0.15, -0.1) is 0 Å². The van der Waals surface area contributed by atoms with Gasteiger partial charge in [0.2, 0.25) is 0 Å². The van der Waals surface area contributed by atoms with Gasteiger partial charge in [0.1, 0.15) is 0 Å². The van der Waals surface area contributed by atoms with E-state index in [4.69, 9.17) is 0 Å². The van der Waals surface area contributed by atoms with Gasteiger partial charge in [-0.1, -0.05) is 25.7 Å². The van der Waals surface area contributed by atoms with Crippen LogP contribution in [0.2, 0.25) is 0 Å². The SMILES string of the molecule is OCCN(CCN1CCCCC1)C1CCCCC1. The monoisotopic (exact) mass is 254 g/mol. The van der Waals surface area contributed by atoms with Crippen molar-refractivity contribution in [3.8, 4) is 0 Å². The lowest BCUT2D eigenvalue weighted by Gasteiger charge is -2.36. The summed E-state index contributed by atoms with van der Waals surface area (Å²) in [4.78, 5) is 5.16. The highest BCUT2D eigenvalue weighted by atomic mass is 16.3. The first-order valence-corrected chi connectivity index (χ1v) is 7.97. The minimum atomic E-state index is 0.316. The Morgan fingerprint density at radius 1 is 0.889 bits per heavy atom. The molecule has 2 rings (SSSR count). The molecule has 1 heterocycles. The standard InChI is InChI=1S/C15H30N2O/c18-14-13-17(15-7-3-1-4-8-15)12-11-16-9-5-2-6-10-16/h15,18H,1-14H2. The maximum Gasteiger partial charge on any atom is 0.0558 e. The fourth-order valence-electron chi connectivity index (χ4n) is 3.50. The number of piperidine rings is 1. The van der Waals surface area contributed by atoms with Crippen molar-refractivity contribution in [2.75, 3.05) is 39.3 Å². The molecule has 2 fully saturated rings. The third kappa shape index (κ3) is 4.52. The van der Waals surface area contributed by atoms with Crippen LogP contribution >= 0.6 is 0 Å². The summed E-state index contributed by atoms with van der Waals surface area (Å²) in [6.45, 7) is 6.13. The summed E-state index contributed by atoms with van der Waals surface area (Å²) in [6.07, 6.45) is 11.1. The molecule has 0 atom stereocenters. The fourth-order valence-corrected chi connectivity index (χ4v) is 3.50. The normalized spacial score (nSPS) is 23.7. The molecule has 0 aromatic rings. The van der Waals surface area contributed by atoms with Gasteiger partial charge in [0.05, 0.1) is 6.61 Å². The molecule has 3 heteroatoms. The van der Waals surface area contributed by atoms with Gasteiger partial charge in [-0.25, -0.2) is 0 Å². The highest BCUT2D eigenvalue weighted by molar-refractivity contribution is 4.77. The van der Waals surface area contributed by atoms with E-state index in [2.05, 4.69) is 9.80 Å². The van der Waals surface area contributed by atoms with Crippen LogP contribution in [0.5, 0.6) is 0 Å². The molecule has 0 bridgehead atoms. The number of rotatable bonds is 6. The van der Waals surface area contributed by atoms with Gasteiger partial charge >= 0.3 is 0 Å². The highest BCUT2D eigenvalue weighted by Crippen LogP contribution is 2.22. The number of aliphatic hydroxyl groups is 1. The van der Waals surface area contributed by atoms with E-state index in [-0.39, 0.29) is 0 Å². The van der Waals surface area contributed by atoms with Gasteiger partial charge in [-0.05, 0) is 38.8 Å². The second-order valence-electron chi connectivity index (χ2n) is 5.95. The quantitative estimate of drug-likeness (QED) is 0.786. The molecule has 1 aliphatic carbocycles. The van der Waals surface area contributed by atoms with Crippen LogP contribution in [0.1, 0.15) is 51.4 Å². The van der Waals surface area contributed by atoms with Gasteiger partial charge in [0.25, 0.3) is 0 Å². The van der Waals surface area contributed by atoms with E-state index in [0.717, 1.165) is 19.1 Å². The van der Waals surface area contributed by atoms with Crippen LogP contribution in [0, 0.1) is 0 Å². The summed E-state index contributed by atoms with van der Waals surface area (Å²) >= 11 is 0. The molecule has 106 valence electrons. The molecule has 0 amide bonds. The molecule has 1 saturated carbocycles. The molecule has 0 radical (unpaired) electrons. The predicted molar refractivity (Wildman–Crippen MR) is 75.8 cm³/mol. The molecule has 0 aromatic heterocycles. The van der Waals surface area contributed by atoms with Crippen molar-refractivity contribution >= 4 is 0 Å². The third-order valence-electron chi connectivity index (χ3n) is 4.63. The summed E-state index contributed by atoms with van der Waals surface area (Å²) in [5.41, 5.74) is 0. The Morgan fingerprint density at radius 2 is 1.56 bits per heavy atom. The van der Waals surface area contributed by atoms with E-state index in [1.807, 2.05) is 0 Å². The van der Waals surface area contributed by atoms with Crippen LogP contribution in [0.3, 0.4) is 0 Å². The van der Waals surface area contributed by atoms with E-state index in [1.54, 1.807) is 0 Å².